The summed E-state index contributed by atoms with van der Waals surface area (Å²) in [5, 5.41) is 9.45. The summed E-state index contributed by atoms with van der Waals surface area (Å²) in [6, 6.07) is 8.95. The number of aromatic nitrogens is 2. The van der Waals surface area contributed by atoms with Crippen LogP contribution in [0.1, 0.15) is 166 Å². The van der Waals surface area contributed by atoms with E-state index in [1.807, 2.05) is 12.4 Å². The van der Waals surface area contributed by atoms with Gasteiger partial charge in [0.15, 0.2) is 5.82 Å². The molecule has 1 N–H and O–H groups in total. The van der Waals surface area contributed by atoms with Crippen molar-refractivity contribution in [1.82, 2.24) is 9.97 Å². The average molecular weight is 577 g/mol. The van der Waals surface area contributed by atoms with E-state index >= 15 is 0 Å². The molecule has 2 aromatic rings. The maximum Gasteiger partial charge on any atom is 0.306 e. The van der Waals surface area contributed by atoms with Gasteiger partial charge in [0.1, 0.15) is 0 Å². The number of aliphatic carboxylic acids is 1. The molecule has 1 aromatic heterocycles. The highest BCUT2D eigenvalue weighted by atomic mass is 16.4. The second-order valence-electron chi connectivity index (χ2n) is 13.1. The summed E-state index contributed by atoms with van der Waals surface area (Å²) in [6.07, 6.45) is 31.6. The lowest BCUT2D eigenvalue weighted by molar-refractivity contribution is -0.143. The molecule has 0 spiro atoms. The molecule has 1 aliphatic rings. The third-order valence-electron chi connectivity index (χ3n) is 9.68. The van der Waals surface area contributed by atoms with Gasteiger partial charge in [-0.3, -0.25) is 4.79 Å². The largest absolute Gasteiger partial charge is 0.481 e. The Morgan fingerprint density at radius 1 is 0.714 bits per heavy atom. The number of aryl methyl sites for hydroxylation is 1. The molecule has 1 aromatic carbocycles. The second kappa shape index (κ2) is 20.6. The van der Waals surface area contributed by atoms with Crippen molar-refractivity contribution >= 4 is 5.97 Å². The minimum Gasteiger partial charge on any atom is -0.481 e. The van der Waals surface area contributed by atoms with E-state index in [-0.39, 0.29) is 5.92 Å². The molecular formula is C38H60N2O2. The molecule has 0 saturated heterocycles. The van der Waals surface area contributed by atoms with Crippen molar-refractivity contribution in [3.8, 4) is 11.4 Å². The summed E-state index contributed by atoms with van der Waals surface area (Å²) in [5.41, 5.74) is 3.72. The number of rotatable bonds is 22. The lowest BCUT2D eigenvalue weighted by Gasteiger charge is -2.33. The van der Waals surface area contributed by atoms with Crippen molar-refractivity contribution in [3.63, 3.8) is 0 Å². The Bertz CT molecular complexity index is 964. The van der Waals surface area contributed by atoms with Gasteiger partial charge in [-0.25, -0.2) is 9.97 Å². The molecule has 1 saturated carbocycles. The number of nitrogens with zero attached hydrogens (tertiary/aromatic N) is 2. The Morgan fingerprint density at radius 3 is 1.74 bits per heavy atom. The SMILES string of the molecule is CCCCCCCCCCCCCCc1cnc(-c2ccc(C(CCCCCC)C3CCC(C(=O)O)CC3)cc2)nc1. The van der Waals surface area contributed by atoms with Gasteiger partial charge >= 0.3 is 5.97 Å². The number of carboxylic acid groups (broad SMARTS) is 1. The summed E-state index contributed by atoms with van der Waals surface area (Å²) in [5.74, 6) is 1.15. The lowest BCUT2D eigenvalue weighted by Crippen LogP contribution is -2.25. The molecule has 0 bridgehead atoms. The first-order valence-corrected chi connectivity index (χ1v) is 17.8. The van der Waals surface area contributed by atoms with Gasteiger partial charge in [0.05, 0.1) is 5.92 Å². The molecular weight excluding hydrogens is 516 g/mol. The molecule has 0 amide bonds. The third kappa shape index (κ3) is 12.6. The molecule has 1 aliphatic carbocycles. The molecule has 1 heterocycles. The normalized spacial score (nSPS) is 17.8. The molecule has 0 aliphatic heterocycles. The van der Waals surface area contributed by atoms with Crippen LogP contribution in [0.5, 0.6) is 0 Å². The minimum absolute atomic E-state index is 0.149. The van der Waals surface area contributed by atoms with Crippen LogP contribution in [0.2, 0.25) is 0 Å². The van der Waals surface area contributed by atoms with Crippen molar-refractivity contribution in [1.29, 1.82) is 0 Å². The number of benzene rings is 1. The predicted octanol–water partition coefficient (Wildman–Crippen LogP) is 11.3. The van der Waals surface area contributed by atoms with Crippen molar-refractivity contribution in [2.75, 3.05) is 0 Å². The van der Waals surface area contributed by atoms with E-state index in [1.165, 1.54) is 120 Å². The predicted molar refractivity (Wildman–Crippen MR) is 177 cm³/mol. The van der Waals surface area contributed by atoms with Crippen LogP contribution in [0, 0.1) is 11.8 Å². The van der Waals surface area contributed by atoms with Crippen molar-refractivity contribution in [2.45, 2.75) is 161 Å². The van der Waals surface area contributed by atoms with Gasteiger partial charge in [-0.1, -0.05) is 134 Å². The number of carboxylic acids is 1. The fraction of sp³-hybridized carbons (Fsp3) is 0.711. The summed E-state index contributed by atoms with van der Waals surface area (Å²) < 4.78 is 0. The van der Waals surface area contributed by atoms with Crippen molar-refractivity contribution in [3.05, 3.63) is 47.8 Å². The Hall–Kier alpha value is -2.23. The van der Waals surface area contributed by atoms with Crippen LogP contribution in [-0.4, -0.2) is 21.0 Å². The smallest absolute Gasteiger partial charge is 0.306 e. The maximum atomic E-state index is 11.5. The van der Waals surface area contributed by atoms with E-state index in [4.69, 9.17) is 9.97 Å². The number of hydrogen-bond acceptors (Lipinski definition) is 3. The van der Waals surface area contributed by atoms with Gasteiger partial charge in [-0.15, -0.1) is 0 Å². The van der Waals surface area contributed by atoms with Crippen LogP contribution in [0.3, 0.4) is 0 Å². The number of unbranched alkanes of at least 4 members (excludes halogenated alkanes) is 14. The number of hydrogen-bond donors (Lipinski definition) is 1. The highest BCUT2D eigenvalue weighted by Gasteiger charge is 2.31. The van der Waals surface area contributed by atoms with Gasteiger partial charge in [0.2, 0.25) is 0 Å². The quantitative estimate of drug-likeness (QED) is 0.142. The zero-order valence-corrected chi connectivity index (χ0v) is 27.0. The first-order chi connectivity index (χ1) is 20.6. The molecule has 1 fully saturated rings. The van der Waals surface area contributed by atoms with E-state index < -0.39 is 5.97 Å². The van der Waals surface area contributed by atoms with Crippen molar-refractivity contribution in [2.24, 2.45) is 11.8 Å². The van der Waals surface area contributed by atoms with Gasteiger partial charge in [-0.2, -0.15) is 0 Å². The third-order valence-corrected chi connectivity index (χ3v) is 9.68. The first kappa shape index (κ1) is 34.3. The molecule has 42 heavy (non-hydrogen) atoms. The van der Waals surface area contributed by atoms with E-state index in [0.29, 0.717) is 11.8 Å². The fourth-order valence-electron chi connectivity index (χ4n) is 6.92. The summed E-state index contributed by atoms with van der Waals surface area (Å²) in [6.45, 7) is 4.55. The molecule has 4 nitrogen and oxygen atoms in total. The lowest BCUT2D eigenvalue weighted by atomic mass is 9.72. The van der Waals surface area contributed by atoms with E-state index in [1.54, 1.807) is 0 Å². The zero-order valence-electron chi connectivity index (χ0n) is 27.0. The summed E-state index contributed by atoms with van der Waals surface area (Å²) in [4.78, 5) is 20.9. The van der Waals surface area contributed by atoms with Crippen LogP contribution in [0.15, 0.2) is 36.7 Å². The van der Waals surface area contributed by atoms with E-state index in [9.17, 15) is 9.90 Å². The van der Waals surface area contributed by atoms with Crippen LogP contribution in [-0.2, 0) is 11.2 Å². The summed E-state index contributed by atoms with van der Waals surface area (Å²) in [7, 11) is 0. The van der Waals surface area contributed by atoms with Crippen LogP contribution in [0.4, 0.5) is 0 Å². The Kier molecular flexibility index (Phi) is 16.8. The Labute approximate surface area is 257 Å². The maximum absolute atomic E-state index is 11.5. The van der Waals surface area contributed by atoms with Gasteiger partial charge < -0.3 is 5.11 Å². The van der Waals surface area contributed by atoms with Gasteiger partial charge in [-0.05, 0) is 67.9 Å². The molecule has 234 valence electrons. The molecule has 3 rings (SSSR count). The minimum atomic E-state index is -0.614. The van der Waals surface area contributed by atoms with Gasteiger partial charge in [0.25, 0.3) is 0 Å². The Balaban J connectivity index is 1.42. The molecule has 4 heteroatoms. The highest BCUT2D eigenvalue weighted by molar-refractivity contribution is 5.70. The average Bonchev–Trinajstić information content (AvgIpc) is 3.02. The molecule has 1 atom stereocenters. The highest BCUT2D eigenvalue weighted by Crippen LogP contribution is 2.41. The van der Waals surface area contributed by atoms with Crippen molar-refractivity contribution < 1.29 is 9.90 Å². The fourth-order valence-corrected chi connectivity index (χ4v) is 6.92. The van der Waals surface area contributed by atoms with Gasteiger partial charge in [0, 0.05) is 18.0 Å². The van der Waals surface area contributed by atoms with Crippen LogP contribution >= 0.6 is 0 Å². The first-order valence-electron chi connectivity index (χ1n) is 17.8. The molecule has 0 radical (unpaired) electrons. The van der Waals surface area contributed by atoms with Crippen LogP contribution in [0.25, 0.3) is 11.4 Å². The topological polar surface area (TPSA) is 63.1 Å². The second-order valence-corrected chi connectivity index (χ2v) is 13.1. The summed E-state index contributed by atoms with van der Waals surface area (Å²) >= 11 is 0. The molecule has 1 unspecified atom stereocenters. The zero-order chi connectivity index (χ0) is 29.8. The van der Waals surface area contributed by atoms with E-state index in [0.717, 1.165) is 43.5 Å². The monoisotopic (exact) mass is 576 g/mol. The standard InChI is InChI=1S/C38H60N2O2/c1-3-5-7-9-10-11-12-13-14-15-16-17-19-31-29-39-37(40-30-31)34-25-21-32(22-26-34)36(20-18-8-6-4-2)33-23-27-35(28-24-33)38(41)42/h21-22,25-26,29-30,33,35-36H,3-20,23-24,27-28H2,1-2H3,(H,41,42). The van der Waals surface area contributed by atoms with E-state index in [2.05, 4.69) is 38.1 Å². The Morgan fingerprint density at radius 2 is 1.21 bits per heavy atom. The number of carbonyl (C=O) groups is 1. The van der Waals surface area contributed by atoms with Crippen LogP contribution < -0.4 is 0 Å².